The molecule has 0 aliphatic heterocycles. The fourth-order valence-corrected chi connectivity index (χ4v) is 1.80. The van der Waals surface area contributed by atoms with Gasteiger partial charge >= 0.3 is 0 Å². The average Bonchev–Trinajstić information content (AvgIpc) is 2.15. The highest BCUT2D eigenvalue weighted by Gasteiger charge is 2.18. The van der Waals surface area contributed by atoms with Gasteiger partial charge in [0.05, 0.1) is 6.10 Å². The number of aliphatic hydroxyl groups excluding tert-OH is 2. The Morgan fingerprint density at radius 2 is 1.93 bits per heavy atom. The van der Waals surface area contributed by atoms with Crippen molar-refractivity contribution in [1.82, 2.24) is 0 Å². The number of aryl methyl sites for hydroxylation is 2. The van der Waals surface area contributed by atoms with Crippen molar-refractivity contribution in [3.63, 3.8) is 0 Å². The minimum absolute atomic E-state index is 0.376. The van der Waals surface area contributed by atoms with Gasteiger partial charge < -0.3 is 10.2 Å². The SMILES string of the molecule is Cc1ccc(C(O)C(O)CBr)c(C)c1. The van der Waals surface area contributed by atoms with Crippen LogP contribution in [0.3, 0.4) is 0 Å². The minimum atomic E-state index is -0.810. The highest BCUT2D eigenvalue weighted by Crippen LogP contribution is 2.22. The lowest BCUT2D eigenvalue weighted by Gasteiger charge is -2.18. The third kappa shape index (κ3) is 2.56. The van der Waals surface area contributed by atoms with Crippen LogP contribution in [-0.4, -0.2) is 21.6 Å². The van der Waals surface area contributed by atoms with Crippen LogP contribution in [0.2, 0.25) is 0 Å². The van der Waals surface area contributed by atoms with Crippen molar-refractivity contribution in [3.05, 3.63) is 34.9 Å². The number of aliphatic hydroxyl groups is 2. The van der Waals surface area contributed by atoms with Gasteiger partial charge in [0.2, 0.25) is 0 Å². The number of hydrogen-bond acceptors (Lipinski definition) is 2. The van der Waals surface area contributed by atoms with Crippen LogP contribution in [0.4, 0.5) is 0 Å². The van der Waals surface area contributed by atoms with Crippen molar-refractivity contribution in [2.75, 3.05) is 5.33 Å². The predicted octanol–water partition coefficient (Wildman–Crippen LogP) is 2.09. The zero-order valence-corrected chi connectivity index (χ0v) is 9.95. The largest absolute Gasteiger partial charge is 0.389 e. The summed E-state index contributed by atoms with van der Waals surface area (Å²) < 4.78 is 0. The molecule has 0 saturated heterocycles. The highest BCUT2D eigenvalue weighted by atomic mass is 79.9. The van der Waals surface area contributed by atoms with Gasteiger partial charge in [-0.05, 0) is 25.0 Å². The van der Waals surface area contributed by atoms with Gasteiger partial charge in [0.25, 0.3) is 0 Å². The lowest BCUT2D eigenvalue weighted by Crippen LogP contribution is -2.20. The zero-order chi connectivity index (χ0) is 10.7. The Morgan fingerprint density at radius 1 is 1.29 bits per heavy atom. The maximum atomic E-state index is 9.78. The summed E-state index contributed by atoms with van der Waals surface area (Å²) in [5, 5.41) is 19.6. The van der Waals surface area contributed by atoms with Crippen LogP contribution in [0.25, 0.3) is 0 Å². The van der Waals surface area contributed by atoms with Gasteiger partial charge in [0.1, 0.15) is 6.10 Å². The van der Waals surface area contributed by atoms with Gasteiger partial charge in [-0.25, -0.2) is 0 Å². The summed E-state index contributed by atoms with van der Waals surface area (Å²) in [6.07, 6.45) is -1.56. The molecule has 78 valence electrons. The van der Waals surface area contributed by atoms with Crippen LogP contribution in [0.1, 0.15) is 22.8 Å². The van der Waals surface area contributed by atoms with Crippen molar-refractivity contribution in [2.24, 2.45) is 0 Å². The molecule has 0 aromatic heterocycles. The van der Waals surface area contributed by atoms with E-state index in [1.165, 1.54) is 0 Å². The standard InChI is InChI=1S/C11H15BrO2/c1-7-3-4-9(8(2)5-7)11(14)10(13)6-12/h3-5,10-11,13-14H,6H2,1-2H3. The van der Waals surface area contributed by atoms with Gasteiger partial charge in [0.15, 0.2) is 0 Å². The number of hydrogen-bond donors (Lipinski definition) is 2. The van der Waals surface area contributed by atoms with Crippen LogP contribution in [0.5, 0.6) is 0 Å². The summed E-state index contributed by atoms with van der Waals surface area (Å²) >= 11 is 3.14. The fourth-order valence-electron chi connectivity index (χ4n) is 1.45. The van der Waals surface area contributed by atoms with Crippen molar-refractivity contribution in [2.45, 2.75) is 26.1 Å². The first-order valence-corrected chi connectivity index (χ1v) is 5.67. The smallest absolute Gasteiger partial charge is 0.106 e. The van der Waals surface area contributed by atoms with Gasteiger partial charge in [-0.1, -0.05) is 39.7 Å². The number of alkyl halides is 1. The molecule has 14 heavy (non-hydrogen) atoms. The highest BCUT2D eigenvalue weighted by molar-refractivity contribution is 9.09. The van der Waals surface area contributed by atoms with Crippen LogP contribution in [-0.2, 0) is 0 Å². The first kappa shape index (κ1) is 11.7. The van der Waals surface area contributed by atoms with Gasteiger partial charge in [-0.15, -0.1) is 0 Å². The molecule has 2 unspecified atom stereocenters. The third-order valence-electron chi connectivity index (χ3n) is 2.27. The summed E-state index contributed by atoms with van der Waals surface area (Å²) in [7, 11) is 0. The molecule has 3 heteroatoms. The topological polar surface area (TPSA) is 40.5 Å². The molecular formula is C11H15BrO2. The molecule has 1 aromatic rings. The Balaban J connectivity index is 2.95. The second kappa shape index (κ2) is 4.91. The molecule has 1 aromatic carbocycles. The van der Waals surface area contributed by atoms with Crippen LogP contribution < -0.4 is 0 Å². The number of rotatable bonds is 3. The summed E-state index contributed by atoms with van der Waals surface area (Å²) in [4.78, 5) is 0. The summed E-state index contributed by atoms with van der Waals surface area (Å²) in [6.45, 7) is 3.94. The molecule has 0 bridgehead atoms. The lowest BCUT2D eigenvalue weighted by atomic mass is 9.98. The molecule has 2 nitrogen and oxygen atoms in total. The van der Waals surface area contributed by atoms with Crippen molar-refractivity contribution in [1.29, 1.82) is 0 Å². The maximum absolute atomic E-state index is 9.78. The molecule has 0 radical (unpaired) electrons. The predicted molar refractivity (Wildman–Crippen MR) is 60.7 cm³/mol. The Labute approximate surface area is 92.7 Å². The molecule has 0 heterocycles. The lowest BCUT2D eigenvalue weighted by molar-refractivity contribution is 0.0339. The maximum Gasteiger partial charge on any atom is 0.106 e. The van der Waals surface area contributed by atoms with Crippen molar-refractivity contribution < 1.29 is 10.2 Å². The van der Waals surface area contributed by atoms with E-state index in [9.17, 15) is 10.2 Å². The zero-order valence-electron chi connectivity index (χ0n) is 8.37. The van der Waals surface area contributed by atoms with E-state index in [-0.39, 0.29) is 0 Å². The molecule has 0 fully saturated rings. The minimum Gasteiger partial charge on any atom is -0.389 e. The van der Waals surface area contributed by atoms with E-state index >= 15 is 0 Å². The monoisotopic (exact) mass is 258 g/mol. The molecule has 0 saturated carbocycles. The Hall–Kier alpha value is -0.380. The molecule has 0 spiro atoms. The van der Waals surface area contributed by atoms with Crippen molar-refractivity contribution in [3.8, 4) is 0 Å². The molecular weight excluding hydrogens is 244 g/mol. The number of halogens is 1. The van der Waals surface area contributed by atoms with E-state index in [4.69, 9.17) is 0 Å². The van der Waals surface area contributed by atoms with E-state index in [1.807, 2.05) is 32.0 Å². The molecule has 0 amide bonds. The second-order valence-corrected chi connectivity index (χ2v) is 4.17. The molecule has 2 N–H and O–H groups in total. The van der Waals surface area contributed by atoms with E-state index in [1.54, 1.807) is 0 Å². The Kier molecular flexibility index (Phi) is 4.11. The van der Waals surface area contributed by atoms with Gasteiger partial charge in [-0.3, -0.25) is 0 Å². The molecule has 1 rings (SSSR count). The molecule has 0 aliphatic rings. The Bertz CT molecular complexity index is 312. The van der Waals surface area contributed by atoms with E-state index in [0.717, 1.165) is 16.7 Å². The quantitative estimate of drug-likeness (QED) is 0.816. The first-order valence-electron chi connectivity index (χ1n) is 4.55. The average molecular weight is 259 g/mol. The van der Waals surface area contributed by atoms with Crippen molar-refractivity contribution >= 4 is 15.9 Å². The summed E-state index contributed by atoms with van der Waals surface area (Å²) in [6, 6.07) is 5.80. The second-order valence-electron chi connectivity index (χ2n) is 3.53. The van der Waals surface area contributed by atoms with E-state index in [2.05, 4.69) is 15.9 Å². The molecule has 2 atom stereocenters. The normalized spacial score (nSPS) is 15.2. The van der Waals surface area contributed by atoms with Gasteiger partial charge in [-0.2, -0.15) is 0 Å². The van der Waals surface area contributed by atoms with Crippen LogP contribution in [0.15, 0.2) is 18.2 Å². The summed E-state index contributed by atoms with van der Waals surface area (Å²) in [5.74, 6) is 0. The number of benzene rings is 1. The van der Waals surface area contributed by atoms with Gasteiger partial charge in [0, 0.05) is 5.33 Å². The fraction of sp³-hybridized carbons (Fsp3) is 0.455. The van der Waals surface area contributed by atoms with E-state index < -0.39 is 12.2 Å². The van der Waals surface area contributed by atoms with Crippen LogP contribution in [0, 0.1) is 13.8 Å². The molecule has 0 aliphatic carbocycles. The Morgan fingerprint density at radius 3 is 2.43 bits per heavy atom. The third-order valence-corrected chi connectivity index (χ3v) is 2.93. The van der Waals surface area contributed by atoms with E-state index in [0.29, 0.717) is 5.33 Å². The summed E-state index contributed by atoms with van der Waals surface area (Å²) in [5.41, 5.74) is 2.96. The first-order chi connectivity index (χ1) is 6.56. The van der Waals surface area contributed by atoms with Crippen LogP contribution >= 0.6 is 15.9 Å².